The molecule has 0 spiro atoms. The number of aromatic nitrogens is 3. The van der Waals surface area contributed by atoms with Crippen molar-refractivity contribution in [1.82, 2.24) is 15.2 Å². The molecule has 0 amide bonds. The van der Waals surface area contributed by atoms with Crippen LogP contribution in [0.2, 0.25) is 0 Å². The number of halogens is 1. The van der Waals surface area contributed by atoms with Crippen molar-refractivity contribution >= 4 is 33.4 Å². The molecular weight excluding hydrogens is 306 g/mol. The fraction of sp³-hybridized carbons (Fsp3) is 0.308. The molecule has 0 radical (unpaired) electrons. The summed E-state index contributed by atoms with van der Waals surface area (Å²) in [5, 5.41) is 14.3. The SMILES string of the molecule is CC(C)CNc1cnnc(Nc2ccccc2Br)n1. The standard InChI is InChI=1S/C13H16BrN5/c1-9(2)7-15-12-8-16-19-13(18-12)17-11-6-4-3-5-10(11)14/h3-6,8-9H,7H2,1-2H3,(H2,15,17,18,19). The van der Waals surface area contributed by atoms with Gasteiger partial charge in [-0.15, -0.1) is 5.10 Å². The summed E-state index contributed by atoms with van der Waals surface area (Å²) in [6.45, 7) is 5.14. The van der Waals surface area contributed by atoms with E-state index in [1.807, 2.05) is 24.3 Å². The van der Waals surface area contributed by atoms with Gasteiger partial charge in [-0.05, 0) is 34.0 Å². The van der Waals surface area contributed by atoms with Gasteiger partial charge in [0.15, 0.2) is 5.82 Å². The van der Waals surface area contributed by atoms with E-state index in [2.05, 4.69) is 55.6 Å². The van der Waals surface area contributed by atoms with E-state index in [0.29, 0.717) is 11.9 Å². The summed E-state index contributed by atoms with van der Waals surface area (Å²) in [5.74, 6) is 1.74. The van der Waals surface area contributed by atoms with Crippen molar-refractivity contribution in [2.45, 2.75) is 13.8 Å². The third kappa shape index (κ3) is 4.17. The van der Waals surface area contributed by atoms with Crippen LogP contribution in [0.4, 0.5) is 17.5 Å². The highest BCUT2D eigenvalue weighted by atomic mass is 79.9. The lowest BCUT2D eigenvalue weighted by atomic mass is 10.2. The Hall–Kier alpha value is -1.69. The average molecular weight is 322 g/mol. The minimum absolute atomic E-state index is 0.473. The fourth-order valence-electron chi connectivity index (χ4n) is 1.43. The van der Waals surface area contributed by atoms with Gasteiger partial charge in [0, 0.05) is 11.0 Å². The largest absolute Gasteiger partial charge is 0.368 e. The highest BCUT2D eigenvalue weighted by molar-refractivity contribution is 9.10. The van der Waals surface area contributed by atoms with Gasteiger partial charge in [-0.2, -0.15) is 10.1 Å². The molecule has 1 heterocycles. The van der Waals surface area contributed by atoms with Gasteiger partial charge in [0.2, 0.25) is 5.95 Å². The Balaban J connectivity index is 2.09. The van der Waals surface area contributed by atoms with E-state index in [1.54, 1.807) is 6.20 Å². The van der Waals surface area contributed by atoms with Gasteiger partial charge in [-0.25, -0.2) is 0 Å². The topological polar surface area (TPSA) is 62.7 Å². The number of nitrogens with zero attached hydrogens (tertiary/aromatic N) is 3. The molecule has 2 aromatic rings. The summed E-state index contributed by atoms with van der Waals surface area (Å²) in [4.78, 5) is 4.36. The number of rotatable bonds is 5. The molecule has 0 atom stereocenters. The summed E-state index contributed by atoms with van der Waals surface area (Å²) in [5.41, 5.74) is 0.908. The minimum Gasteiger partial charge on any atom is -0.368 e. The quantitative estimate of drug-likeness (QED) is 0.883. The van der Waals surface area contributed by atoms with Crippen LogP contribution >= 0.6 is 15.9 Å². The molecule has 1 aromatic carbocycles. The third-order valence-corrected chi connectivity index (χ3v) is 3.06. The summed E-state index contributed by atoms with van der Waals surface area (Å²) >= 11 is 3.47. The molecule has 5 nitrogen and oxygen atoms in total. The fourth-order valence-corrected chi connectivity index (χ4v) is 1.82. The lowest BCUT2D eigenvalue weighted by Crippen LogP contribution is -2.10. The average Bonchev–Trinajstić information content (AvgIpc) is 2.40. The molecule has 19 heavy (non-hydrogen) atoms. The Morgan fingerprint density at radius 2 is 2.05 bits per heavy atom. The van der Waals surface area contributed by atoms with E-state index in [9.17, 15) is 0 Å². The van der Waals surface area contributed by atoms with E-state index >= 15 is 0 Å². The predicted octanol–water partition coefficient (Wildman–Crippen LogP) is 3.45. The first-order valence-electron chi connectivity index (χ1n) is 6.10. The zero-order chi connectivity index (χ0) is 13.7. The molecule has 0 fully saturated rings. The van der Waals surface area contributed by atoms with Crippen LogP contribution in [0, 0.1) is 5.92 Å². The van der Waals surface area contributed by atoms with Gasteiger partial charge < -0.3 is 10.6 Å². The van der Waals surface area contributed by atoms with Crippen molar-refractivity contribution in [1.29, 1.82) is 0 Å². The summed E-state index contributed by atoms with van der Waals surface area (Å²) in [6.07, 6.45) is 1.62. The summed E-state index contributed by atoms with van der Waals surface area (Å²) in [6, 6.07) is 7.80. The zero-order valence-corrected chi connectivity index (χ0v) is 12.5. The second-order valence-electron chi connectivity index (χ2n) is 4.54. The van der Waals surface area contributed by atoms with E-state index in [-0.39, 0.29) is 0 Å². The number of hydrogen-bond acceptors (Lipinski definition) is 5. The summed E-state index contributed by atoms with van der Waals surface area (Å²) in [7, 11) is 0. The molecular formula is C13H16BrN5. The van der Waals surface area contributed by atoms with Crippen LogP contribution in [0.5, 0.6) is 0 Å². The van der Waals surface area contributed by atoms with Crippen molar-refractivity contribution in [2.75, 3.05) is 17.2 Å². The monoisotopic (exact) mass is 321 g/mol. The Labute approximate surface area is 121 Å². The molecule has 0 aliphatic heterocycles. The maximum Gasteiger partial charge on any atom is 0.249 e. The van der Waals surface area contributed by atoms with Gasteiger partial charge in [0.1, 0.15) is 0 Å². The number of nitrogens with one attached hydrogen (secondary N) is 2. The van der Waals surface area contributed by atoms with Crippen LogP contribution in [0.25, 0.3) is 0 Å². The normalized spacial score (nSPS) is 10.5. The molecule has 2 N–H and O–H groups in total. The lowest BCUT2D eigenvalue weighted by molar-refractivity contribution is 0.686. The van der Waals surface area contributed by atoms with Crippen LogP contribution in [0.1, 0.15) is 13.8 Å². The van der Waals surface area contributed by atoms with Gasteiger partial charge in [-0.3, -0.25) is 0 Å². The predicted molar refractivity (Wildman–Crippen MR) is 80.6 cm³/mol. The molecule has 2 rings (SSSR count). The molecule has 0 saturated carbocycles. The van der Waals surface area contributed by atoms with Crippen molar-refractivity contribution in [3.05, 3.63) is 34.9 Å². The molecule has 0 saturated heterocycles. The minimum atomic E-state index is 0.473. The molecule has 0 bridgehead atoms. The number of para-hydroxylation sites is 1. The Kier molecular flexibility index (Phi) is 4.68. The second-order valence-corrected chi connectivity index (χ2v) is 5.40. The molecule has 100 valence electrons. The smallest absolute Gasteiger partial charge is 0.249 e. The van der Waals surface area contributed by atoms with Crippen LogP contribution in [-0.4, -0.2) is 21.7 Å². The lowest BCUT2D eigenvalue weighted by Gasteiger charge is -2.09. The van der Waals surface area contributed by atoms with E-state index < -0.39 is 0 Å². The molecule has 0 aliphatic carbocycles. The number of benzene rings is 1. The summed E-state index contributed by atoms with van der Waals surface area (Å²) < 4.78 is 0.958. The Morgan fingerprint density at radius 3 is 2.79 bits per heavy atom. The van der Waals surface area contributed by atoms with E-state index in [0.717, 1.165) is 22.5 Å². The number of anilines is 3. The molecule has 1 aromatic heterocycles. The van der Waals surface area contributed by atoms with Crippen molar-refractivity contribution in [3.8, 4) is 0 Å². The third-order valence-electron chi connectivity index (χ3n) is 2.37. The van der Waals surface area contributed by atoms with Crippen molar-refractivity contribution in [3.63, 3.8) is 0 Å². The van der Waals surface area contributed by atoms with Gasteiger partial charge in [0.25, 0.3) is 0 Å². The number of hydrogen-bond donors (Lipinski definition) is 2. The molecule has 0 unspecified atom stereocenters. The Morgan fingerprint density at radius 1 is 1.26 bits per heavy atom. The first kappa shape index (κ1) is 13.7. The van der Waals surface area contributed by atoms with Crippen molar-refractivity contribution < 1.29 is 0 Å². The maximum atomic E-state index is 4.36. The van der Waals surface area contributed by atoms with Crippen LogP contribution < -0.4 is 10.6 Å². The molecule has 6 heteroatoms. The van der Waals surface area contributed by atoms with Crippen LogP contribution in [0.15, 0.2) is 34.9 Å². The van der Waals surface area contributed by atoms with Gasteiger partial charge >= 0.3 is 0 Å². The van der Waals surface area contributed by atoms with Crippen LogP contribution in [0.3, 0.4) is 0 Å². The van der Waals surface area contributed by atoms with Gasteiger partial charge in [-0.1, -0.05) is 26.0 Å². The van der Waals surface area contributed by atoms with Gasteiger partial charge in [0.05, 0.1) is 11.9 Å². The van der Waals surface area contributed by atoms with E-state index in [4.69, 9.17) is 0 Å². The van der Waals surface area contributed by atoms with Crippen molar-refractivity contribution in [2.24, 2.45) is 5.92 Å². The van der Waals surface area contributed by atoms with Crippen LogP contribution in [-0.2, 0) is 0 Å². The second kappa shape index (κ2) is 6.47. The zero-order valence-electron chi connectivity index (χ0n) is 10.9. The highest BCUT2D eigenvalue weighted by Gasteiger charge is 2.04. The van der Waals surface area contributed by atoms with E-state index in [1.165, 1.54) is 0 Å². The Bertz CT molecular complexity index is 544. The highest BCUT2D eigenvalue weighted by Crippen LogP contribution is 2.23. The first-order chi connectivity index (χ1) is 9.15. The first-order valence-corrected chi connectivity index (χ1v) is 6.89. The maximum absolute atomic E-state index is 4.36. The molecule has 0 aliphatic rings.